The summed E-state index contributed by atoms with van der Waals surface area (Å²) < 4.78 is 7.21. The third-order valence-corrected chi connectivity index (χ3v) is 6.38. The number of benzene rings is 1. The number of esters is 1. The molecular formula is C26H31N5O3. The van der Waals surface area contributed by atoms with E-state index in [9.17, 15) is 9.59 Å². The van der Waals surface area contributed by atoms with Gasteiger partial charge in [-0.1, -0.05) is 30.3 Å². The number of aromatic nitrogens is 2. The second-order valence-corrected chi connectivity index (χ2v) is 8.68. The average Bonchev–Trinajstić information content (AvgIpc) is 3.46. The van der Waals surface area contributed by atoms with Gasteiger partial charge >= 0.3 is 5.97 Å². The molecule has 34 heavy (non-hydrogen) atoms. The van der Waals surface area contributed by atoms with Crippen LogP contribution >= 0.6 is 0 Å². The zero-order valence-electron chi connectivity index (χ0n) is 19.8. The summed E-state index contributed by atoms with van der Waals surface area (Å²) >= 11 is 0. The van der Waals surface area contributed by atoms with Gasteiger partial charge in [0.25, 0.3) is 5.91 Å². The maximum Gasteiger partial charge on any atom is 0.310 e. The molecule has 2 heterocycles. The maximum absolute atomic E-state index is 13.3. The molecule has 2 aromatic rings. The van der Waals surface area contributed by atoms with Crippen LogP contribution in [0, 0.1) is 5.41 Å². The van der Waals surface area contributed by atoms with Crippen molar-refractivity contribution in [1.82, 2.24) is 14.5 Å². The molecule has 178 valence electrons. The molecule has 0 atom stereocenters. The number of carbonyl (C=O) groups excluding carboxylic acids is 2. The van der Waals surface area contributed by atoms with Crippen LogP contribution in [0.2, 0.25) is 0 Å². The number of allylic oxidation sites excluding steroid dienone is 1. The second-order valence-electron chi connectivity index (χ2n) is 8.68. The lowest BCUT2D eigenvalue weighted by molar-refractivity contribution is -0.143. The molecule has 8 nitrogen and oxygen atoms in total. The van der Waals surface area contributed by atoms with Gasteiger partial charge in [-0.05, 0) is 43.4 Å². The minimum atomic E-state index is -0.382. The van der Waals surface area contributed by atoms with E-state index in [0.717, 1.165) is 53.6 Å². The van der Waals surface area contributed by atoms with Gasteiger partial charge in [-0.2, -0.15) is 0 Å². The summed E-state index contributed by atoms with van der Waals surface area (Å²) in [6, 6.07) is 7.58. The molecule has 8 heteroatoms. The van der Waals surface area contributed by atoms with Crippen LogP contribution in [0.15, 0.2) is 35.4 Å². The second kappa shape index (κ2) is 10.1. The zero-order valence-corrected chi connectivity index (χ0v) is 19.8. The van der Waals surface area contributed by atoms with E-state index < -0.39 is 0 Å². The summed E-state index contributed by atoms with van der Waals surface area (Å²) in [5, 5.41) is 9.35. The summed E-state index contributed by atoms with van der Waals surface area (Å²) in [5.74, 6) is 0.486. The standard InChI is InChI=1S/C26H31N5O3/c1-3-34-24(32)16-20(26(33)31-12-4-5-13-31)19-10-11-22-21(15-19)29-23(30(22)2)14-17-6-8-18(9-7-17)25(27)28/h6-9,11,15H,3-5,10,12-14,16H2,1-2H3,(H3,27,28). The molecule has 1 aromatic carbocycles. The van der Waals surface area contributed by atoms with E-state index >= 15 is 0 Å². The maximum atomic E-state index is 13.3. The van der Waals surface area contributed by atoms with Crippen LogP contribution in [0.4, 0.5) is 0 Å². The molecule has 0 radical (unpaired) electrons. The molecule has 0 spiro atoms. The Kier molecular flexibility index (Phi) is 6.95. The number of nitrogen functional groups attached to an aromatic ring is 1. The molecule has 3 N–H and O–H groups in total. The summed E-state index contributed by atoms with van der Waals surface area (Å²) in [5.41, 5.74) is 8.64. The van der Waals surface area contributed by atoms with Crippen molar-refractivity contribution in [1.29, 1.82) is 5.41 Å². The molecule has 1 saturated heterocycles. The van der Waals surface area contributed by atoms with Gasteiger partial charge in [0.2, 0.25) is 0 Å². The van der Waals surface area contributed by atoms with Gasteiger partial charge in [-0.25, -0.2) is 4.98 Å². The van der Waals surface area contributed by atoms with Gasteiger partial charge in [0.15, 0.2) is 0 Å². The summed E-state index contributed by atoms with van der Waals surface area (Å²) in [6.45, 7) is 3.51. The fourth-order valence-corrected chi connectivity index (χ4v) is 4.51. The van der Waals surface area contributed by atoms with Crippen LogP contribution < -0.4 is 16.4 Å². The number of nitrogens with one attached hydrogen (secondary N) is 1. The van der Waals surface area contributed by atoms with E-state index in [2.05, 4.69) is 10.6 Å². The molecule has 1 aliphatic carbocycles. The Balaban J connectivity index is 1.67. The first kappa shape index (κ1) is 23.5. The number of imidazole rings is 1. The Morgan fingerprint density at radius 1 is 1.18 bits per heavy atom. The van der Waals surface area contributed by atoms with E-state index in [1.165, 1.54) is 0 Å². The highest BCUT2D eigenvalue weighted by Gasteiger charge is 2.26. The summed E-state index contributed by atoms with van der Waals surface area (Å²) in [6.07, 6.45) is 7.16. The SMILES string of the molecule is CCOC(=O)CC(C(=O)N1CCCC1)=C1C=c2nc(Cc3ccc(C(=N)N)cc3)n(C)c2=CC1. The normalized spacial score (nSPS) is 16.4. The topological polar surface area (TPSA) is 114 Å². The lowest BCUT2D eigenvalue weighted by Gasteiger charge is -2.19. The van der Waals surface area contributed by atoms with Crippen molar-refractivity contribution in [2.75, 3.05) is 19.7 Å². The van der Waals surface area contributed by atoms with Gasteiger partial charge in [-0.3, -0.25) is 15.0 Å². The largest absolute Gasteiger partial charge is 0.466 e. The first-order valence-electron chi connectivity index (χ1n) is 11.7. The van der Waals surface area contributed by atoms with Crippen molar-refractivity contribution in [3.8, 4) is 0 Å². The number of ether oxygens (including phenoxy) is 1. The van der Waals surface area contributed by atoms with E-state index in [0.29, 0.717) is 24.0 Å². The van der Waals surface area contributed by atoms with Crippen molar-refractivity contribution < 1.29 is 14.3 Å². The minimum Gasteiger partial charge on any atom is -0.466 e. The first-order valence-corrected chi connectivity index (χ1v) is 11.7. The number of hydrogen-bond acceptors (Lipinski definition) is 5. The summed E-state index contributed by atoms with van der Waals surface area (Å²) in [7, 11) is 1.99. The molecule has 1 aliphatic heterocycles. The van der Waals surface area contributed by atoms with Gasteiger partial charge in [0, 0.05) is 37.7 Å². The van der Waals surface area contributed by atoms with Crippen LogP contribution in [0.25, 0.3) is 12.2 Å². The number of likely N-dealkylation sites (tertiary alicyclic amines) is 1. The molecular weight excluding hydrogens is 430 g/mol. The molecule has 1 fully saturated rings. The Labute approximate surface area is 198 Å². The van der Waals surface area contributed by atoms with E-state index in [-0.39, 0.29) is 30.7 Å². The van der Waals surface area contributed by atoms with Crippen molar-refractivity contribution >= 4 is 29.9 Å². The molecule has 1 amide bonds. The van der Waals surface area contributed by atoms with Crippen molar-refractivity contribution in [2.24, 2.45) is 12.8 Å². The minimum absolute atomic E-state index is 0.0274. The Morgan fingerprint density at radius 2 is 1.88 bits per heavy atom. The van der Waals surface area contributed by atoms with Crippen LogP contribution in [0.5, 0.6) is 0 Å². The summed E-state index contributed by atoms with van der Waals surface area (Å²) in [4.78, 5) is 32.2. The van der Waals surface area contributed by atoms with Crippen LogP contribution in [0.1, 0.15) is 49.6 Å². The third kappa shape index (κ3) is 4.95. The highest BCUT2D eigenvalue weighted by molar-refractivity contribution is 6.00. The average molecular weight is 462 g/mol. The van der Waals surface area contributed by atoms with Crippen molar-refractivity contribution in [3.05, 3.63) is 63.1 Å². The van der Waals surface area contributed by atoms with Gasteiger partial charge < -0.3 is 19.9 Å². The number of carbonyl (C=O) groups is 2. The number of amidine groups is 1. The molecule has 0 saturated carbocycles. The molecule has 1 aromatic heterocycles. The van der Waals surface area contributed by atoms with Crippen LogP contribution in [-0.4, -0.2) is 51.9 Å². The lowest BCUT2D eigenvalue weighted by Crippen LogP contribution is -2.34. The van der Waals surface area contributed by atoms with E-state index in [4.69, 9.17) is 20.9 Å². The van der Waals surface area contributed by atoms with Gasteiger partial charge in [0.05, 0.1) is 23.7 Å². The highest BCUT2D eigenvalue weighted by Crippen LogP contribution is 2.22. The molecule has 4 rings (SSSR count). The van der Waals surface area contributed by atoms with Gasteiger partial charge in [0.1, 0.15) is 11.7 Å². The number of rotatable bonds is 7. The number of fused-ring (bicyclic) bond motifs is 1. The number of nitrogens with two attached hydrogens (primary N) is 1. The number of nitrogens with zero attached hydrogens (tertiary/aromatic N) is 3. The quantitative estimate of drug-likeness (QED) is 0.278. The number of amides is 1. The fraction of sp³-hybridized carbons (Fsp3) is 0.385. The zero-order chi connectivity index (χ0) is 24.2. The number of hydrogen-bond donors (Lipinski definition) is 2. The monoisotopic (exact) mass is 461 g/mol. The Hall–Kier alpha value is -3.68. The predicted molar refractivity (Wildman–Crippen MR) is 130 cm³/mol. The van der Waals surface area contributed by atoms with E-state index in [1.54, 1.807) is 6.92 Å². The van der Waals surface area contributed by atoms with Crippen LogP contribution in [0.3, 0.4) is 0 Å². The third-order valence-electron chi connectivity index (χ3n) is 6.38. The first-order chi connectivity index (χ1) is 16.4. The van der Waals surface area contributed by atoms with Crippen LogP contribution in [-0.2, 0) is 27.8 Å². The lowest BCUT2D eigenvalue weighted by atomic mass is 9.98. The highest BCUT2D eigenvalue weighted by atomic mass is 16.5. The Morgan fingerprint density at radius 3 is 2.53 bits per heavy atom. The molecule has 0 bridgehead atoms. The van der Waals surface area contributed by atoms with E-state index in [1.807, 2.05) is 42.3 Å². The molecule has 0 unspecified atom stereocenters. The molecule has 2 aliphatic rings. The Bertz CT molecular complexity index is 1260. The predicted octanol–water partition coefficient (Wildman–Crippen LogP) is 1.13. The smallest absolute Gasteiger partial charge is 0.310 e. The van der Waals surface area contributed by atoms with Crippen molar-refractivity contribution in [3.63, 3.8) is 0 Å². The van der Waals surface area contributed by atoms with Gasteiger partial charge in [-0.15, -0.1) is 0 Å². The van der Waals surface area contributed by atoms with Crippen molar-refractivity contribution in [2.45, 2.75) is 39.0 Å². The fourth-order valence-electron chi connectivity index (χ4n) is 4.51.